The maximum absolute atomic E-state index is 12.4. The Morgan fingerprint density at radius 3 is 2.95 bits per heavy atom. The average Bonchev–Trinajstić information content (AvgIpc) is 2.91. The van der Waals surface area contributed by atoms with Crippen LogP contribution in [-0.2, 0) is 10.0 Å². The molecule has 0 spiro atoms. The van der Waals surface area contributed by atoms with Crippen molar-refractivity contribution in [2.45, 2.75) is 36.9 Å². The predicted octanol–water partition coefficient (Wildman–Crippen LogP) is 2.15. The van der Waals surface area contributed by atoms with Crippen LogP contribution in [0.3, 0.4) is 0 Å². The second-order valence-electron chi connectivity index (χ2n) is 5.37. The highest BCUT2D eigenvalue weighted by molar-refractivity contribution is 7.91. The number of thiophene rings is 1. The number of nitrogens with zero attached hydrogens (tertiary/aromatic N) is 1. The molecule has 0 aromatic carbocycles. The minimum Gasteiger partial charge on any atom is -0.314 e. The van der Waals surface area contributed by atoms with Crippen molar-refractivity contribution in [3.05, 3.63) is 17.5 Å². The number of hydrogen-bond acceptors (Lipinski definition) is 4. The molecule has 1 saturated heterocycles. The van der Waals surface area contributed by atoms with Crippen molar-refractivity contribution in [1.29, 1.82) is 0 Å². The lowest BCUT2D eigenvalue weighted by atomic mass is 9.99. The number of nitrogens with one attached hydrogen (secondary N) is 1. The molecular weight excluding hydrogens is 280 g/mol. The van der Waals surface area contributed by atoms with Crippen molar-refractivity contribution in [1.82, 2.24) is 9.62 Å². The van der Waals surface area contributed by atoms with Gasteiger partial charge in [0.2, 0.25) is 0 Å². The van der Waals surface area contributed by atoms with Gasteiger partial charge in [0.05, 0.1) is 0 Å². The molecule has 0 radical (unpaired) electrons. The summed E-state index contributed by atoms with van der Waals surface area (Å²) in [6.45, 7) is 6.42. The first kappa shape index (κ1) is 15.0. The monoisotopic (exact) mass is 302 g/mol. The largest absolute Gasteiger partial charge is 0.314 e. The number of hydrogen-bond donors (Lipinski definition) is 1. The van der Waals surface area contributed by atoms with Crippen molar-refractivity contribution in [2.75, 3.05) is 19.6 Å². The predicted molar refractivity (Wildman–Crippen MR) is 78.9 cm³/mol. The van der Waals surface area contributed by atoms with Gasteiger partial charge in [-0.25, -0.2) is 8.42 Å². The van der Waals surface area contributed by atoms with E-state index in [4.69, 9.17) is 0 Å². The van der Waals surface area contributed by atoms with E-state index < -0.39 is 10.0 Å². The highest BCUT2D eigenvalue weighted by Gasteiger charge is 2.30. The van der Waals surface area contributed by atoms with E-state index in [1.807, 2.05) is 5.38 Å². The molecule has 1 aliphatic heterocycles. The zero-order chi connectivity index (χ0) is 13.9. The zero-order valence-corrected chi connectivity index (χ0v) is 13.1. The molecule has 1 unspecified atom stereocenters. The second kappa shape index (κ2) is 6.35. The summed E-state index contributed by atoms with van der Waals surface area (Å²) in [6.07, 6.45) is 2.06. The molecule has 6 heteroatoms. The van der Waals surface area contributed by atoms with Crippen molar-refractivity contribution in [2.24, 2.45) is 5.92 Å². The fourth-order valence-corrected chi connectivity index (χ4v) is 5.05. The van der Waals surface area contributed by atoms with Gasteiger partial charge in [-0.05, 0) is 36.8 Å². The van der Waals surface area contributed by atoms with Crippen LogP contribution < -0.4 is 5.32 Å². The first-order valence-corrected chi connectivity index (χ1v) is 9.09. The van der Waals surface area contributed by atoms with Gasteiger partial charge in [0.15, 0.2) is 0 Å². The minimum absolute atomic E-state index is 0.422. The molecule has 1 aromatic rings. The Hall–Kier alpha value is -0.430. The number of rotatable bonds is 5. The van der Waals surface area contributed by atoms with Crippen LogP contribution >= 0.6 is 11.3 Å². The number of piperidine rings is 1. The van der Waals surface area contributed by atoms with Gasteiger partial charge < -0.3 is 5.32 Å². The van der Waals surface area contributed by atoms with Crippen LogP contribution in [0.4, 0.5) is 0 Å². The van der Waals surface area contributed by atoms with Gasteiger partial charge in [-0.3, -0.25) is 0 Å². The van der Waals surface area contributed by atoms with Gasteiger partial charge in [0, 0.05) is 19.1 Å². The number of sulfonamides is 1. The highest BCUT2D eigenvalue weighted by atomic mass is 32.2. The molecule has 4 nitrogen and oxygen atoms in total. The third kappa shape index (κ3) is 3.78. The molecular formula is C13H22N2O2S2. The summed E-state index contributed by atoms with van der Waals surface area (Å²) >= 11 is 1.30. The maximum Gasteiger partial charge on any atom is 0.252 e. The Kier molecular flexibility index (Phi) is 5.00. The van der Waals surface area contributed by atoms with Crippen LogP contribution in [0.1, 0.15) is 26.7 Å². The maximum atomic E-state index is 12.4. The molecule has 0 aliphatic carbocycles. The van der Waals surface area contributed by atoms with Gasteiger partial charge in [-0.2, -0.15) is 4.31 Å². The van der Waals surface area contributed by atoms with Crippen molar-refractivity contribution >= 4 is 21.4 Å². The summed E-state index contributed by atoms with van der Waals surface area (Å²) in [5.74, 6) is 0.422. The Bertz CT molecular complexity index is 483. The summed E-state index contributed by atoms with van der Waals surface area (Å²) in [7, 11) is -3.27. The van der Waals surface area contributed by atoms with Gasteiger partial charge in [0.25, 0.3) is 10.0 Å². The van der Waals surface area contributed by atoms with Crippen molar-refractivity contribution in [3.8, 4) is 0 Å². The van der Waals surface area contributed by atoms with Crippen LogP contribution in [-0.4, -0.2) is 38.4 Å². The fourth-order valence-electron chi connectivity index (χ4n) is 2.35. The molecule has 108 valence electrons. The second-order valence-corrected chi connectivity index (χ2v) is 8.48. The lowest BCUT2D eigenvalue weighted by Crippen LogP contribution is -2.43. The normalized spacial score (nSPS) is 21.9. The van der Waals surface area contributed by atoms with E-state index in [2.05, 4.69) is 19.2 Å². The quantitative estimate of drug-likeness (QED) is 0.906. The molecule has 0 saturated carbocycles. The van der Waals surface area contributed by atoms with Gasteiger partial charge in [0.1, 0.15) is 4.21 Å². The van der Waals surface area contributed by atoms with Crippen LogP contribution in [0.5, 0.6) is 0 Å². The van der Waals surface area contributed by atoms with Gasteiger partial charge in [-0.1, -0.05) is 19.9 Å². The summed E-state index contributed by atoms with van der Waals surface area (Å²) < 4.78 is 27.0. The SMILES string of the molecule is CC(C)NCC1CCCN(S(=O)(=O)c2cccs2)C1. The van der Waals surface area contributed by atoms with E-state index in [1.165, 1.54) is 11.3 Å². The van der Waals surface area contributed by atoms with Gasteiger partial charge in [-0.15, -0.1) is 11.3 Å². The van der Waals surface area contributed by atoms with E-state index in [0.29, 0.717) is 29.3 Å². The van der Waals surface area contributed by atoms with Crippen LogP contribution in [0, 0.1) is 5.92 Å². The molecule has 1 atom stereocenters. The lowest BCUT2D eigenvalue weighted by molar-refractivity contribution is 0.257. The van der Waals surface area contributed by atoms with E-state index in [-0.39, 0.29) is 0 Å². The van der Waals surface area contributed by atoms with Crippen LogP contribution in [0.15, 0.2) is 21.7 Å². The third-order valence-corrected chi connectivity index (χ3v) is 6.62. The smallest absolute Gasteiger partial charge is 0.252 e. The lowest BCUT2D eigenvalue weighted by Gasteiger charge is -2.32. The van der Waals surface area contributed by atoms with Crippen molar-refractivity contribution in [3.63, 3.8) is 0 Å². The molecule has 19 heavy (non-hydrogen) atoms. The highest BCUT2D eigenvalue weighted by Crippen LogP contribution is 2.26. The molecule has 0 amide bonds. The Balaban J connectivity index is 2.01. The molecule has 1 fully saturated rings. The fraction of sp³-hybridized carbons (Fsp3) is 0.692. The third-order valence-electron chi connectivity index (χ3n) is 3.39. The van der Waals surface area contributed by atoms with E-state index in [1.54, 1.807) is 16.4 Å². The summed E-state index contributed by atoms with van der Waals surface area (Å²) in [6, 6.07) is 3.93. The molecule has 1 aromatic heterocycles. The topological polar surface area (TPSA) is 49.4 Å². The first-order valence-electron chi connectivity index (χ1n) is 6.77. The van der Waals surface area contributed by atoms with Crippen LogP contribution in [0.2, 0.25) is 0 Å². The Morgan fingerprint density at radius 1 is 1.53 bits per heavy atom. The molecule has 1 N–H and O–H groups in total. The standard InChI is InChI=1S/C13H22N2O2S2/c1-11(2)14-9-12-5-3-7-15(10-12)19(16,17)13-6-4-8-18-13/h4,6,8,11-12,14H,3,5,7,9-10H2,1-2H3. The Morgan fingerprint density at radius 2 is 2.32 bits per heavy atom. The summed E-state index contributed by atoms with van der Waals surface area (Å²) in [5.41, 5.74) is 0. The summed E-state index contributed by atoms with van der Waals surface area (Å²) in [4.78, 5) is 0. The molecule has 2 rings (SSSR count). The first-order chi connectivity index (χ1) is 9.00. The van der Waals surface area contributed by atoms with Crippen molar-refractivity contribution < 1.29 is 8.42 Å². The molecule has 2 heterocycles. The summed E-state index contributed by atoms with van der Waals surface area (Å²) in [5, 5.41) is 5.22. The molecule has 1 aliphatic rings. The molecule has 0 bridgehead atoms. The van der Waals surface area contributed by atoms with Gasteiger partial charge >= 0.3 is 0 Å². The van der Waals surface area contributed by atoms with E-state index >= 15 is 0 Å². The average molecular weight is 302 g/mol. The van der Waals surface area contributed by atoms with E-state index in [0.717, 1.165) is 19.4 Å². The van der Waals surface area contributed by atoms with Crippen LogP contribution in [0.25, 0.3) is 0 Å². The van der Waals surface area contributed by atoms with E-state index in [9.17, 15) is 8.42 Å². The Labute approximate surface area is 119 Å². The zero-order valence-electron chi connectivity index (χ0n) is 11.5. The minimum atomic E-state index is -3.27.